The highest BCUT2D eigenvalue weighted by Gasteiger charge is 2.05. The Morgan fingerprint density at radius 3 is 2.92 bits per heavy atom. The number of rotatable bonds is 4. The lowest BCUT2D eigenvalue weighted by atomic mass is 10.5. The number of alkyl halides is 2. The molecule has 1 heterocycles. The van der Waals surface area contributed by atoms with E-state index in [2.05, 4.69) is 10.3 Å². The van der Waals surface area contributed by atoms with Crippen molar-refractivity contribution in [3.63, 3.8) is 0 Å². The minimum Gasteiger partial charge on any atom is -0.311 e. The summed E-state index contributed by atoms with van der Waals surface area (Å²) in [6.07, 6.45) is 2.48. The Labute approximate surface area is 69.4 Å². The van der Waals surface area contributed by atoms with Crippen molar-refractivity contribution in [2.45, 2.75) is 20.0 Å². The summed E-state index contributed by atoms with van der Waals surface area (Å²) in [4.78, 5) is 3.80. The van der Waals surface area contributed by atoms with Crippen molar-refractivity contribution in [2.75, 3.05) is 6.54 Å². The van der Waals surface area contributed by atoms with E-state index in [1.807, 2.05) is 6.92 Å². The molecule has 0 saturated carbocycles. The molecule has 0 fully saturated rings. The van der Waals surface area contributed by atoms with Gasteiger partial charge in [-0.05, 0) is 6.54 Å². The predicted molar refractivity (Wildman–Crippen MR) is 40.9 cm³/mol. The number of hydrogen-bond acceptors (Lipinski definition) is 2. The van der Waals surface area contributed by atoms with E-state index < -0.39 is 6.55 Å². The Hall–Kier alpha value is -0.970. The first-order valence-corrected chi connectivity index (χ1v) is 3.75. The molecule has 1 aromatic rings. The molecule has 0 radical (unpaired) electrons. The minimum atomic E-state index is -2.49. The molecule has 0 aliphatic carbocycles. The lowest BCUT2D eigenvalue weighted by Crippen LogP contribution is -2.11. The summed E-state index contributed by atoms with van der Waals surface area (Å²) in [6, 6.07) is 0. The van der Waals surface area contributed by atoms with Gasteiger partial charge in [0.05, 0.1) is 12.0 Å². The second-order valence-electron chi connectivity index (χ2n) is 2.37. The van der Waals surface area contributed by atoms with Crippen LogP contribution in [0.4, 0.5) is 8.78 Å². The predicted octanol–water partition coefficient (Wildman–Crippen LogP) is 1.39. The third-order valence-corrected chi connectivity index (χ3v) is 1.44. The fourth-order valence-corrected chi connectivity index (χ4v) is 0.831. The van der Waals surface area contributed by atoms with Crippen molar-refractivity contribution in [1.29, 1.82) is 0 Å². The molecule has 0 spiro atoms. The average molecular weight is 175 g/mol. The molecule has 0 aromatic carbocycles. The molecule has 0 saturated heterocycles. The lowest BCUT2D eigenvalue weighted by molar-refractivity contribution is 0.0700. The molecule has 0 atom stereocenters. The summed E-state index contributed by atoms with van der Waals surface area (Å²) in [5.74, 6) is 0. The zero-order valence-corrected chi connectivity index (χ0v) is 6.80. The normalized spacial score (nSPS) is 11.0. The largest absolute Gasteiger partial charge is 0.319 e. The number of hydrogen-bond donors (Lipinski definition) is 1. The van der Waals surface area contributed by atoms with Gasteiger partial charge in [-0.25, -0.2) is 4.98 Å². The minimum absolute atomic E-state index is 0.538. The number of nitrogens with one attached hydrogen (secondary N) is 1. The summed E-state index contributed by atoms with van der Waals surface area (Å²) < 4.78 is 24.8. The zero-order valence-electron chi connectivity index (χ0n) is 6.80. The van der Waals surface area contributed by atoms with Gasteiger partial charge in [0.25, 0.3) is 0 Å². The highest BCUT2D eigenvalue weighted by Crippen LogP contribution is 2.09. The van der Waals surface area contributed by atoms with Gasteiger partial charge in [-0.15, -0.1) is 0 Å². The third-order valence-electron chi connectivity index (χ3n) is 1.44. The van der Waals surface area contributed by atoms with E-state index in [9.17, 15) is 8.78 Å². The van der Waals surface area contributed by atoms with Crippen LogP contribution in [0.5, 0.6) is 0 Å². The first-order chi connectivity index (χ1) is 5.74. The second kappa shape index (κ2) is 4.15. The summed E-state index contributed by atoms with van der Waals surface area (Å²) in [5.41, 5.74) is 0.636. The Morgan fingerprint density at radius 1 is 1.67 bits per heavy atom. The van der Waals surface area contributed by atoms with Gasteiger partial charge < -0.3 is 5.32 Å². The van der Waals surface area contributed by atoms with Crippen LogP contribution in [0.25, 0.3) is 0 Å². The highest BCUT2D eigenvalue weighted by molar-refractivity contribution is 4.96. The Balaban J connectivity index is 2.52. The maximum absolute atomic E-state index is 12.0. The van der Waals surface area contributed by atoms with E-state index in [-0.39, 0.29) is 0 Å². The molecule has 5 heteroatoms. The maximum Gasteiger partial charge on any atom is 0.319 e. The second-order valence-corrected chi connectivity index (χ2v) is 2.37. The van der Waals surface area contributed by atoms with Crippen molar-refractivity contribution in [3.05, 3.63) is 18.2 Å². The molecular formula is C7H11F2N3. The van der Waals surface area contributed by atoms with Crippen molar-refractivity contribution >= 4 is 0 Å². The van der Waals surface area contributed by atoms with Gasteiger partial charge >= 0.3 is 6.55 Å². The topological polar surface area (TPSA) is 29.9 Å². The average Bonchev–Trinajstić information content (AvgIpc) is 2.48. The molecule has 12 heavy (non-hydrogen) atoms. The van der Waals surface area contributed by atoms with Crippen LogP contribution in [-0.4, -0.2) is 16.1 Å². The van der Waals surface area contributed by atoms with Crippen molar-refractivity contribution in [2.24, 2.45) is 0 Å². The van der Waals surface area contributed by atoms with Gasteiger partial charge in [0.2, 0.25) is 0 Å². The van der Waals surface area contributed by atoms with Gasteiger partial charge in [0.15, 0.2) is 0 Å². The first-order valence-electron chi connectivity index (χ1n) is 3.75. The van der Waals surface area contributed by atoms with Crippen LogP contribution >= 0.6 is 0 Å². The first kappa shape index (κ1) is 9.12. The van der Waals surface area contributed by atoms with E-state index in [0.29, 0.717) is 12.2 Å². The fourth-order valence-electron chi connectivity index (χ4n) is 0.831. The van der Waals surface area contributed by atoms with Gasteiger partial charge in [0.1, 0.15) is 0 Å². The van der Waals surface area contributed by atoms with Crippen molar-refractivity contribution in [3.8, 4) is 0 Å². The molecule has 0 aliphatic rings. The van der Waals surface area contributed by atoms with E-state index in [1.54, 1.807) is 0 Å². The van der Waals surface area contributed by atoms with Crippen LogP contribution in [0.3, 0.4) is 0 Å². The monoisotopic (exact) mass is 175 g/mol. The number of imidazole rings is 1. The highest BCUT2D eigenvalue weighted by atomic mass is 19.3. The van der Waals surface area contributed by atoms with Crippen LogP contribution in [0.15, 0.2) is 12.5 Å². The van der Waals surface area contributed by atoms with Crippen LogP contribution in [-0.2, 0) is 6.54 Å². The zero-order chi connectivity index (χ0) is 8.97. The van der Waals surface area contributed by atoms with Gasteiger partial charge in [-0.1, -0.05) is 6.92 Å². The smallest absolute Gasteiger partial charge is 0.311 e. The molecule has 0 bridgehead atoms. The Bertz CT molecular complexity index is 234. The molecule has 1 N–H and O–H groups in total. The van der Waals surface area contributed by atoms with Gasteiger partial charge in [-0.2, -0.15) is 8.78 Å². The van der Waals surface area contributed by atoms with Crippen molar-refractivity contribution in [1.82, 2.24) is 14.9 Å². The number of halogens is 2. The van der Waals surface area contributed by atoms with E-state index in [4.69, 9.17) is 0 Å². The summed E-state index contributed by atoms with van der Waals surface area (Å²) in [6.45, 7) is 0.801. The standard InChI is InChI=1S/C7H11F2N3/c1-2-10-3-6-4-12(5-11-6)7(8)9/h4-5,7,10H,2-3H2,1H3. The molecule has 0 amide bonds. The summed E-state index contributed by atoms with van der Waals surface area (Å²) in [5, 5.41) is 3.00. The van der Waals surface area contributed by atoms with E-state index >= 15 is 0 Å². The van der Waals surface area contributed by atoms with Crippen molar-refractivity contribution < 1.29 is 8.78 Å². The summed E-state index contributed by atoms with van der Waals surface area (Å²) in [7, 11) is 0. The maximum atomic E-state index is 12.0. The third kappa shape index (κ3) is 2.27. The molecule has 1 aromatic heterocycles. The van der Waals surface area contributed by atoms with Crippen LogP contribution in [0.1, 0.15) is 19.2 Å². The Kier molecular flexibility index (Phi) is 3.16. The van der Waals surface area contributed by atoms with Gasteiger partial charge in [-0.3, -0.25) is 4.57 Å². The van der Waals surface area contributed by atoms with E-state index in [0.717, 1.165) is 17.4 Å². The molecule has 1 rings (SSSR count). The number of aromatic nitrogens is 2. The van der Waals surface area contributed by atoms with Crippen LogP contribution in [0, 0.1) is 0 Å². The SMILES string of the molecule is CCNCc1cn(C(F)F)cn1. The molecular weight excluding hydrogens is 164 g/mol. The molecule has 0 unspecified atom stereocenters. The van der Waals surface area contributed by atoms with Crippen LogP contribution in [0.2, 0.25) is 0 Å². The summed E-state index contributed by atoms with van der Waals surface area (Å²) >= 11 is 0. The molecule has 3 nitrogen and oxygen atoms in total. The molecule has 68 valence electrons. The van der Waals surface area contributed by atoms with E-state index in [1.165, 1.54) is 6.20 Å². The Morgan fingerprint density at radius 2 is 2.42 bits per heavy atom. The number of nitrogens with zero attached hydrogens (tertiary/aromatic N) is 2. The molecule has 0 aliphatic heterocycles. The lowest BCUT2D eigenvalue weighted by Gasteiger charge is -1.97. The fraction of sp³-hybridized carbons (Fsp3) is 0.571. The quantitative estimate of drug-likeness (QED) is 0.749. The van der Waals surface area contributed by atoms with Gasteiger partial charge in [0, 0.05) is 12.7 Å². The van der Waals surface area contributed by atoms with Crippen LogP contribution < -0.4 is 5.32 Å².